The fourth-order valence-electron chi connectivity index (χ4n) is 2.84. The van der Waals surface area contributed by atoms with Crippen LogP contribution in [-0.2, 0) is 4.79 Å². The van der Waals surface area contributed by atoms with E-state index >= 15 is 0 Å². The van der Waals surface area contributed by atoms with E-state index in [0.29, 0.717) is 11.1 Å². The molecule has 3 aromatic rings. The smallest absolute Gasteiger partial charge is 0.256 e. The van der Waals surface area contributed by atoms with E-state index in [2.05, 4.69) is 16.4 Å². The van der Waals surface area contributed by atoms with Crippen molar-refractivity contribution in [3.05, 3.63) is 77.6 Å². The molecule has 0 fully saturated rings. The summed E-state index contributed by atoms with van der Waals surface area (Å²) in [5.41, 5.74) is 5.88. The fraction of sp³-hybridized carbons (Fsp3) is 0. The minimum absolute atomic E-state index is 0.100. The number of hydrogen-bond donors (Lipinski definition) is 2. The second-order valence-electron chi connectivity index (χ2n) is 5.59. The molecular weight excluding hydrogens is 298 g/mol. The molecule has 4 rings (SSSR count). The topological polar surface area (TPSA) is 68.7 Å². The van der Waals surface area contributed by atoms with Crippen LogP contribution in [-0.4, -0.2) is 10.9 Å². The van der Waals surface area contributed by atoms with E-state index in [1.807, 2.05) is 54.7 Å². The van der Waals surface area contributed by atoms with Gasteiger partial charge in [0, 0.05) is 23.1 Å². The van der Waals surface area contributed by atoms with E-state index in [0.717, 1.165) is 28.1 Å². The third-order valence-corrected chi connectivity index (χ3v) is 4.07. The first kappa shape index (κ1) is 14.0. The molecule has 0 saturated carbocycles. The predicted molar refractivity (Wildman–Crippen MR) is 93.9 cm³/mol. The molecule has 0 spiro atoms. The van der Waals surface area contributed by atoms with Gasteiger partial charge in [0.1, 0.15) is 0 Å². The van der Waals surface area contributed by atoms with Crippen molar-refractivity contribution < 1.29 is 4.79 Å². The van der Waals surface area contributed by atoms with Crippen molar-refractivity contribution in [1.29, 1.82) is 5.26 Å². The van der Waals surface area contributed by atoms with E-state index in [-0.39, 0.29) is 5.91 Å². The molecule has 24 heavy (non-hydrogen) atoms. The number of nitrogens with zero attached hydrogens (tertiary/aromatic N) is 1. The number of H-pyrrole nitrogens is 1. The highest BCUT2D eigenvalue weighted by atomic mass is 16.2. The number of carbonyl (C=O) groups excluding carboxylic acids is 1. The molecule has 0 aliphatic carbocycles. The van der Waals surface area contributed by atoms with Crippen LogP contribution in [0.2, 0.25) is 0 Å². The summed E-state index contributed by atoms with van der Waals surface area (Å²) >= 11 is 0. The van der Waals surface area contributed by atoms with Gasteiger partial charge >= 0.3 is 0 Å². The molecule has 1 aliphatic rings. The van der Waals surface area contributed by atoms with Crippen molar-refractivity contribution >= 4 is 23.2 Å². The number of benzene rings is 2. The van der Waals surface area contributed by atoms with Crippen molar-refractivity contribution in [3.8, 4) is 17.2 Å². The number of anilines is 1. The zero-order valence-electron chi connectivity index (χ0n) is 12.7. The number of aromatic amines is 1. The van der Waals surface area contributed by atoms with Crippen LogP contribution in [0.25, 0.3) is 22.8 Å². The van der Waals surface area contributed by atoms with Gasteiger partial charge in [0.25, 0.3) is 5.91 Å². The zero-order chi connectivity index (χ0) is 16.5. The van der Waals surface area contributed by atoms with E-state index in [1.165, 1.54) is 0 Å². The SMILES string of the molecule is N#Cc1ccc(-c2ccc3c(c2)NC(=O)/C3=C\c2ccc[nH]2)cc1. The van der Waals surface area contributed by atoms with Crippen molar-refractivity contribution in [2.45, 2.75) is 0 Å². The Morgan fingerprint density at radius 2 is 1.79 bits per heavy atom. The minimum Gasteiger partial charge on any atom is -0.362 e. The molecule has 1 aromatic heterocycles. The maximum absolute atomic E-state index is 12.3. The highest BCUT2D eigenvalue weighted by Crippen LogP contribution is 2.36. The second kappa shape index (κ2) is 5.56. The maximum Gasteiger partial charge on any atom is 0.256 e. The van der Waals surface area contributed by atoms with Crippen molar-refractivity contribution in [2.75, 3.05) is 5.32 Å². The molecule has 2 N–H and O–H groups in total. The lowest BCUT2D eigenvalue weighted by molar-refractivity contribution is -0.110. The monoisotopic (exact) mass is 311 g/mol. The number of hydrogen-bond acceptors (Lipinski definition) is 2. The van der Waals surface area contributed by atoms with Gasteiger partial charge in [-0.25, -0.2) is 0 Å². The summed E-state index contributed by atoms with van der Waals surface area (Å²) in [4.78, 5) is 15.3. The lowest BCUT2D eigenvalue weighted by atomic mass is 9.99. The number of fused-ring (bicyclic) bond motifs is 1. The Labute approximate surface area is 139 Å². The first-order valence-electron chi connectivity index (χ1n) is 7.56. The van der Waals surface area contributed by atoms with Crippen LogP contribution in [0.4, 0.5) is 5.69 Å². The molecule has 1 aliphatic heterocycles. The highest BCUT2D eigenvalue weighted by molar-refractivity contribution is 6.35. The summed E-state index contributed by atoms with van der Waals surface area (Å²) in [5.74, 6) is -0.100. The third kappa shape index (κ3) is 2.38. The molecule has 2 heterocycles. The first-order valence-corrected chi connectivity index (χ1v) is 7.56. The number of nitrogens with one attached hydrogen (secondary N) is 2. The van der Waals surface area contributed by atoms with Crippen LogP contribution in [0, 0.1) is 11.3 Å². The Morgan fingerprint density at radius 3 is 2.50 bits per heavy atom. The number of rotatable bonds is 2. The lowest BCUT2D eigenvalue weighted by Crippen LogP contribution is -2.03. The zero-order valence-corrected chi connectivity index (χ0v) is 12.7. The van der Waals surface area contributed by atoms with E-state index < -0.39 is 0 Å². The molecule has 0 saturated heterocycles. The Morgan fingerprint density at radius 1 is 1.00 bits per heavy atom. The Balaban J connectivity index is 1.73. The van der Waals surface area contributed by atoms with Crippen LogP contribution in [0.5, 0.6) is 0 Å². The number of carbonyl (C=O) groups is 1. The highest BCUT2D eigenvalue weighted by Gasteiger charge is 2.24. The fourth-order valence-corrected chi connectivity index (χ4v) is 2.84. The molecule has 4 heteroatoms. The van der Waals surface area contributed by atoms with E-state index in [1.54, 1.807) is 12.1 Å². The van der Waals surface area contributed by atoms with Gasteiger partial charge in [0.05, 0.1) is 17.2 Å². The van der Waals surface area contributed by atoms with Crippen molar-refractivity contribution in [1.82, 2.24) is 4.98 Å². The van der Waals surface area contributed by atoms with Crippen LogP contribution in [0.15, 0.2) is 60.8 Å². The largest absolute Gasteiger partial charge is 0.362 e. The normalized spacial score (nSPS) is 14.3. The lowest BCUT2D eigenvalue weighted by Gasteiger charge is -2.05. The van der Waals surface area contributed by atoms with Gasteiger partial charge in [-0.1, -0.05) is 24.3 Å². The van der Waals surface area contributed by atoms with Crippen LogP contribution < -0.4 is 5.32 Å². The first-order chi connectivity index (χ1) is 11.7. The van der Waals surface area contributed by atoms with Gasteiger partial charge in [-0.3, -0.25) is 4.79 Å². The molecule has 0 radical (unpaired) electrons. The van der Waals surface area contributed by atoms with E-state index in [4.69, 9.17) is 5.26 Å². The molecule has 1 amide bonds. The van der Waals surface area contributed by atoms with Gasteiger partial charge in [-0.15, -0.1) is 0 Å². The molecule has 0 atom stereocenters. The van der Waals surface area contributed by atoms with Crippen molar-refractivity contribution in [2.24, 2.45) is 0 Å². The Kier molecular flexibility index (Phi) is 3.25. The summed E-state index contributed by atoms with van der Waals surface area (Å²) in [6.45, 7) is 0. The Bertz CT molecular complexity index is 990. The minimum atomic E-state index is -0.100. The quantitative estimate of drug-likeness (QED) is 0.701. The summed E-state index contributed by atoms with van der Waals surface area (Å²) in [6.07, 6.45) is 3.68. The predicted octanol–water partition coefficient (Wildman–Crippen LogP) is 4.05. The van der Waals surface area contributed by atoms with Gasteiger partial charge < -0.3 is 10.3 Å². The summed E-state index contributed by atoms with van der Waals surface area (Å²) in [5, 5.41) is 11.8. The van der Waals surface area contributed by atoms with Crippen LogP contribution in [0.1, 0.15) is 16.8 Å². The van der Waals surface area contributed by atoms with Gasteiger partial charge in [0.15, 0.2) is 0 Å². The molecule has 2 aromatic carbocycles. The van der Waals surface area contributed by atoms with Gasteiger partial charge in [-0.05, 0) is 47.5 Å². The third-order valence-electron chi connectivity index (χ3n) is 4.07. The van der Waals surface area contributed by atoms with Crippen molar-refractivity contribution in [3.63, 3.8) is 0 Å². The summed E-state index contributed by atoms with van der Waals surface area (Å²) < 4.78 is 0. The van der Waals surface area contributed by atoms with E-state index in [9.17, 15) is 4.79 Å². The number of nitriles is 1. The molecule has 0 unspecified atom stereocenters. The number of aromatic nitrogens is 1. The maximum atomic E-state index is 12.3. The summed E-state index contributed by atoms with van der Waals surface area (Å²) in [7, 11) is 0. The Hall–Kier alpha value is -3.58. The second-order valence-corrected chi connectivity index (χ2v) is 5.59. The molecular formula is C20H13N3O. The average Bonchev–Trinajstić information content (AvgIpc) is 3.23. The summed E-state index contributed by atoms with van der Waals surface area (Å²) in [6, 6.07) is 19.2. The molecule has 0 bridgehead atoms. The molecule has 4 nitrogen and oxygen atoms in total. The number of amides is 1. The van der Waals surface area contributed by atoms with Gasteiger partial charge in [0.2, 0.25) is 0 Å². The average molecular weight is 311 g/mol. The van der Waals surface area contributed by atoms with Gasteiger partial charge in [-0.2, -0.15) is 5.26 Å². The van der Waals surface area contributed by atoms with Crippen LogP contribution in [0.3, 0.4) is 0 Å². The standard InChI is InChI=1S/C20H13N3O/c21-12-13-3-5-14(6-4-13)15-7-8-17-18(11-16-2-1-9-22-16)20(24)23-19(17)10-15/h1-11,22H,(H,23,24)/b18-11-. The molecule has 114 valence electrons. The van der Waals surface area contributed by atoms with Crippen LogP contribution >= 0.6 is 0 Å².